The molecule has 98 valence electrons. The van der Waals surface area contributed by atoms with Crippen molar-refractivity contribution in [2.75, 3.05) is 21.0 Å². The first-order valence-corrected chi connectivity index (χ1v) is 5.10. The van der Waals surface area contributed by atoms with Crippen molar-refractivity contribution in [2.45, 2.75) is 6.92 Å². The predicted octanol–water partition coefficient (Wildman–Crippen LogP) is 1.38. The molecular formula is C12H14O6. The lowest BCUT2D eigenvalue weighted by Crippen LogP contribution is -2.07. The predicted molar refractivity (Wildman–Crippen MR) is 61.6 cm³/mol. The van der Waals surface area contributed by atoms with E-state index in [1.54, 1.807) is 0 Å². The average Bonchev–Trinajstić information content (AvgIpc) is 2.34. The molecule has 0 bridgehead atoms. The second kappa shape index (κ2) is 6.61. The fourth-order valence-electron chi connectivity index (χ4n) is 1.24. The molecule has 0 heterocycles. The van der Waals surface area contributed by atoms with Gasteiger partial charge in [0, 0.05) is 20.1 Å². The largest absolute Gasteiger partial charge is 0.467 e. The summed E-state index contributed by atoms with van der Waals surface area (Å²) in [6.45, 7) is 1.28. The number of hydrogen-bond donors (Lipinski definition) is 0. The molecule has 0 aliphatic carbocycles. The lowest BCUT2D eigenvalue weighted by atomic mass is 10.2. The van der Waals surface area contributed by atoms with Crippen molar-refractivity contribution in [2.24, 2.45) is 0 Å². The van der Waals surface area contributed by atoms with E-state index in [1.807, 2.05) is 0 Å². The molecule has 6 nitrogen and oxygen atoms in total. The number of methoxy groups -OCH3 is 2. The molecule has 0 aliphatic rings. The second-order valence-corrected chi connectivity index (χ2v) is 3.33. The van der Waals surface area contributed by atoms with E-state index in [2.05, 4.69) is 4.74 Å². The molecular weight excluding hydrogens is 240 g/mol. The van der Waals surface area contributed by atoms with Crippen molar-refractivity contribution in [1.82, 2.24) is 0 Å². The molecule has 1 aromatic carbocycles. The Morgan fingerprint density at radius 3 is 2.33 bits per heavy atom. The van der Waals surface area contributed by atoms with Crippen LogP contribution in [0, 0.1) is 0 Å². The number of ether oxygens (including phenoxy) is 4. The van der Waals surface area contributed by atoms with E-state index in [1.165, 1.54) is 39.3 Å². The van der Waals surface area contributed by atoms with Crippen molar-refractivity contribution in [3.05, 3.63) is 23.8 Å². The summed E-state index contributed by atoms with van der Waals surface area (Å²) in [6, 6.07) is 4.34. The molecule has 0 radical (unpaired) electrons. The number of carbonyl (C=O) groups excluding carboxylic acids is 2. The maximum absolute atomic E-state index is 11.4. The van der Waals surface area contributed by atoms with Gasteiger partial charge in [-0.15, -0.1) is 0 Å². The fraction of sp³-hybridized carbons (Fsp3) is 0.333. The second-order valence-electron chi connectivity index (χ2n) is 3.33. The highest BCUT2D eigenvalue weighted by Crippen LogP contribution is 2.23. The fourth-order valence-corrected chi connectivity index (χ4v) is 1.24. The van der Waals surface area contributed by atoms with E-state index in [0.29, 0.717) is 5.75 Å². The van der Waals surface area contributed by atoms with Crippen LogP contribution in [-0.4, -0.2) is 33.0 Å². The van der Waals surface area contributed by atoms with Crippen molar-refractivity contribution in [3.63, 3.8) is 0 Å². The lowest BCUT2D eigenvalue weighted by Gasteiger charge is -2.09. The summed E-state index contributed by atoms with van der Waals surface area (Å²) < 4.78 is 19.4. The molecule has 0 saturated carbocycles. The van der Waals surface area contributed by atoms with Gasteiger partial charge in [-0.2, -0.15) is 0 Å². The molecule has 0 atom stereocenters. The number of benzene rings is 1. The van der Waals surface area contributed by atoms with Gasteiger partial charge in [-0.05, 0) is 12.1 Å². The van der Waals surface area contributed by atoms with Gasteiger partial charge in [-0.3, -0.25) is 4.79 Å². The first kappa shape index (κ1) is 14.0. The average molecular weight is 254 g/mol. The molecule has 0 unspecified atom stereocenters. The Bertz CT molecular complexity index is 440. The smallest absolute Gasteiger partial charge is 0.338 e. The van der Waals surface area contributed by atoms with E-state index in [0.717, 1.165) is 0 Å². The Morgan fingerprint density at radius 1 is 1.11 bits per heavy atom. The van der Waals surface area contributed by atoms with E-state index in [9.17, 15) is 9.59 Å². The van der Waals surface area contributed by atoms with Gasteiger partial charge in [0.25, 0.3) is 0 Å². The van der Waals surface area contributed by atoms with Gasteiger partial charge in [0.1, 0.15) is 11.5 Å². The molecule has 0 N–H and O–H groups in total. The molecule has 1 aromatic rings. The number of hydrogen-bond acceptors (Lipinski definition) is 6. The van der Waals surface area contributed by atoms with Crippen molar-refractivity contribution in [1.29, 1.82) is 0 Å². The Kier molecular flexibility index (Phi) is 5.13. The summed E-state index contributed by atoms with van der Waals surface area (Å²) in [5.74, 6) is -0.492. The van der Waals surface area contributed by atoms with Crippen LogP contribution in [0.1, 0.15) is 17.3 Å². The third-order valence-electron chi connectivity index (χ3n) is 1.91. The highest BCUT2D eigenvalue weighted by molar-refractivity contribution is 5.90. The Morgan fingerprint density at radius 2 is 1.78 bits per heavy atom. The summed E-state index contributed by atoms with van der Waals surface area (Å²) in [5.41, 5.74) is 0.224. The van der Waals surface area contributed by atoms with Gasteiger partial charge in [-0.1, -0.05) is 0 Å². The monoisotopic (exact) mass is 254 g/mol. The Balaban J connectivity index is 3.02. The maximum atomic E-state index is 11.4. The molecule has 0 aliphatic heterocycles. The maximum Gasteiger partial charge on any atom is 0.338 e. The van der Waals surface area contributed by atoms with E-state index in [4.69, 9.17) is 14.2 Å². The Hall–Kier alpha value is -2.08. The third-order valence-corrected chi connectivity index (χ3v) is 1.91. The van der Waals surface area contributed by atoms with E-state index < -0.39 is 11.9 Å². The first-order chi connectivity index (χ1) is 8.56. The molecule has 0 amide bonds. The molecule has 1 rings (SSSR count). The highest BCUT2D eigenvalue weighted by Gasteiger charge is 2.11. The van der Waals surface area contributed by atoms with Crippen molar-refractivity contribution >= 4 is 11.9 Å². The summed E-state index contributed by atoms with van der Waals surface area (Å²) >= 11 is 0. The minimum Gasteiger partial charge on any atom is -0.467 e. The summed E-state index contributed by atoms with van der Waals surface area (Å²) in [6.07, 6.45) is 0. The van der Waals surface area contributed by atoms with Crippen LogP contribution in [0.4, 0.5) is 0 Å². The summed E-state index contributed by atoms with van der Waals surface area (Å²) in [4.78, 5) is 22.3. The zero-order chi connectivity index (χ0) is 13.5. The highest BCUT2D eigenvalue weighted by atomic mass is 16.7. The van der Waals surface area contributed by atoms with Gasteiger partial charge in [-0.25, -0.2) is 4.79 Å². The van der Waals surface area contributed by atoms with Crippen LogP contribution in [-0.2, 0) is 14.3 Å². The zero-order valence-electron chi connectivity index (χ0n) is 10.4. The van der Waals surface area contributed by atoms with Crippen molar-refractivity contribution < 1.29 is 28.5 Å². The van der Waals surface area contributed by atoms with Crippen LogP contribution in [0.3, 0.4) is 0 Å². The van der Waals surface area contributed by atoms with Gasteiger partial charge in [0.2, 0.25) is 0 Å². The first-order valence-electron chi connectivity index (χ1n) is 5.10. The molecule has 0 fully saturated rings. The quantitative estimate of drug-likeness (QED) is 0.449. The topological polar surface area (TPSA) is 71.1 Å². The van der Waals surface area contributed by atoms with Gasteiger partial charge in [0.15, 0.2) is 6.79 Å². The normalized spacial score (nSPS) is 9.72. The molecule has 0 spiro atoms. The molecule has 6 heteroatoms. The van der Waals surface area contributed by atoms with Crippen molar-refractivity contribution in [3.8, 4) is 11.5 Å². The van der Waals surface area contributed by atoms with Crippen LogP contribution in [0.25, 0.3) is 0 Å². The van der Waals surface area contributed by atoms with Crippen LogP contribution in [0.2, 0.25) is 0 Å². The van der Waals surface area contributed by atoms with Gasteiger partial charge >= 0.3 is 11.9 Å². The minimum atomic E-state index is -0.550. The van der Waals surface area contributed by atoms with E-state index >= 15 is 0 Å². The molecule has 0 saturated heterocycles. The van der Waals surface area contributed by atoms with Crippen LogP contribution in [0.15, 0.2) is 18.2 Å². The molecule has 0 aromatic heterocycles. The number of carbonyl (C=O) groups is 2. The SMILES string of the molecule is COCOc1cc(OC(C)=O)cc(C(=O)OC)c1. The van der Waals surface area contributed by atoms with Crippen LogP contribution in [0.5, 0.6) is 11.5 Å². The van der Waals surface area contributed by atoms with Gasteiger partial charge in [0.05, 0.1) is 12.7 Å². The summed E-state index contributed by atoms with van der Waals surface area (Å²) in [5, 5.41) is 0. The number of rotatable bonds is 5. The Labute approximate surface area is 104 Å². The van der Waals surface area contributed by atoms with Gasteiger partial charge < -0.3 is 18.9 Å². The number of esters is 2. The summed E-state index contributed by atoms with van der Waals surface area (Å²) in [7, 11) is 2.73. The molecule has 18 heavy (non-hydrogen) atoms. The van der Waals surface area contributed by atoms with Crippen LogP contribution >= 0.6 is 0 Å². The standard InChI is InChI=1S/C12H14O6/c1-8(13)18-11-5-9(12(14)16-3)4-10(6-11)17-7-15-2/h4-6H,7H2,1-3H3. The minimum absolute atomic E-state index is 0.0180. The zero-order valence-corrected chi connectivity index (χ0v) is 10.4. The third kappa shape index (κ3) is 4.06. The lowest BCUT2D eigenvalue weighted by molar-refractivity contribution is -0.131. The van der Waals surface area contributed by atoms with Crippen LogP contribution < -0.4 is 9.47 Å². The van der Waals surface area contributed by atoms with E-state index in [-0.39, 0.29) is 18.1 Å².